The number of hydrogen-bond acceptors (Lipinski definition) is 4. The van der Waals surface area contributed by atoms with Crippen LogP contribution in [0.15, 0.2) is 83.8 Å². The summed E-state index contributed by atoms with van der Waals surface area (Å²) < 4.78 is 29.1. The van der Waals surface area contributed by atoms with E-state index in [0.29, 0.717) is 29.1 Å². The molecule has 218 valence electrons. The normalized spacial score (nSPS) is 14.4. The highest BCUT2D eigenvalue weighted by atomic mass is 35.5. The summed E-state index contributed by atoms with van der Waals surface area (Å²) in [5.74, 6) is -0.626. The molecule has 1 unspecified atom stereocenters. The van der Waals surface area contributed by atoms with Gasteiger partial charge in [0.2, 0.25) is 11.8 Å². The minimum absolute atomic E-state index is 0.0276. The standard InChI is InChI=1S/C32H38ClN3O4S/c1-3-29(32(38)34-27-14-8-9-15-27)35(22-21-25-12-5-4-6-13-25)31(37)23-36(30-16-10-7-11-24(30)2)41(39,40)28-19-17-26(33)18-20-28/h4-7,10-13,16-20,27,29H,3,8-9,14-15,21-23H2,1-2H3,(H,34,38). The van der Waals surface area contributed by atoms with Crippen LogP contribution in [-0.4, -0.2) is 50.3 Å². The number of carbonyl (C=O) groups is 2. The summed E-state index contributed by atoms with van der Waals surface area (Å²) in [6, 6.07) is 22.1. The second-order valence-corrected chi connectivity index (χ2v) is 12.8. The Morgan fingerprint density at radius 2 is 1.59 bits per heavy atom. The van der Waals surface area contributed by atoms with Crippen LogP contribution in [0.1, 0.15) is 50.2 Å². The molecule has 1 saturated carbocycles. The molecule has 3 aromatic rings. The van der Waals surface area contributed by atoms with E-state index in [2.05, 4.69) is 5.32 Å². The Bertz CT molecular complexity index is 1420. The summed E-state index contributed by atoms with van der Waals surface area (Å²) >= 11 is 6.03. The van der Waals surface area contributed by atoms with Gasteiger partial charge in [0, 0.05) is 17.6 Å². The molecule has 0 aromatic heterocycles. The molecule has 1 aliphatic carbocycles. The minimum atomic E-state index is -4.13. The third-order valence-corrected chi connectivity index (χ3v) is 9.66. The van der Waals surface area contributed by atoms with Gasteiger partial charge in [-0.25, -0.2) is 8.42 Å². The lowest BCUT2D eigenvalue weighted by atomic mass is 10.1. The first-order chi connectivity index (χ1) is 19.7. The number of nitrogens with zero attached hydrogens (tertiary/aromatic N) is 2. The number of hydrogen-bond donors (Lipinski definition) is 1. The summed E-state index contributed by atoms with van der Waals surface area (Å²) in [7, 11) is -4.13. The van der Waals surface area contributed by atoms with Gasteiger partial charge in [-0.3, -0.25) is 13.9 Å². The maximum absolute atomic E-state index is 14.2. The number of amides is 2. The molecule has 1 atom stereocenters. The maximum atomic E-state index is 14.2. The van der Waals surface area contributed by atoms with Gasteiger partial charge in [-0.1, -0.05) is 79.9 Å². The van der Waals surface area contributed by atoms with Crippen molar-refractivity contribution in [3.63, 3.8) is 0 Å². The third-order valence-electron chi connectivity index (χ3n) is 7.64. The number of anilines is 1. The molecule has 4 rings (SSSR count). The Morgan fingerprint density at radius 1 is 0.951 bits per heavy atom. The Balaban J connectivity index is 1.68. The molecule has 1 aliphatic rings. The zero-order chi connectivity index (χ0) is 29.4. The average Bonchev–Trinajstić information content (AvgIpc) is 3.48. The smallest absolute Gasteiger partial charge is 0.264 e. The van der Waals surface area contributed by atoms with Gasteiger partial charge in [0.15, 0.2) is 0 Å². The van der Waals surface area contributed by atoms with Crippen LogP contribution >= 0.6 is 11.6 Å². The fraction of sp³-hybridized carbons (Fsp3) is 0.375. The Hall–Kier alpha value is -3.36. The maximum Gasteiger partial charge on any atom is 0.264 e. The highest BCUT2D eigenvalue weighted by Gasteiger charge is 2.34. The Labute approximate surface area is 248 Å². The Kier molecular flexibility index (Phi) is 10.5. The number of nitrogens with one attached hydrogen (secondary N) is 1. The zero-order valence-electron chi connectivity index (χ0n) is 23.6. The molecule has 3 aromatic carbocycles. The van der Waals surface area contributed by atoms with Crippen molar-refractivity contribution in [2.45, 2.75) is 69.4 Å². The van der Waals surface area contributed by atoms with Gasteiger partial charge >= 0.3 is 0 Å². The molecule has 2 amide bonds. The van der Waals surface area contributed by atoms with Gasteiger partial charge < -0.3 is 10.2 Å². The number of halogens is 1. The summed E-state index contributed by atoms with van der Waals surface area (Å²) in [5.41, 5.74) is 2.14. The largest absolute Gasteiger partial charge is 0.352 e. The van der Waals surface area contributed by atoms with E-state index in [-0.39, 0.29) is 23.4 Å². The number of aryl methyl sites for hydroxylation is 1. The van der Waals surface area contributed by atoms with Crippen LogP contribution in [0.4, 0.5) is 5.69 Å². The van der Waals surface area contributed by atoms with Crippen molar-refractivity contribution in [3.8, 4) is 0 Å². The van der Waals surface area contributed by atoms with Crippen LogP contribution in [0, 0.1) is 6.92 Å². The minimum Gasteiger partial charge on any atom is -0.352 e. The van der Waals surface area contributed by atoms with Crippen LogP contribution in [0.5, 0.6) is 0 Å². The lowest BCUT2D eigenvalue weighted by Gasteiger charge is -2.34. The summed E-state index contributed by atoms with van der Waals surface area (Å²) in [6.45, 7) is 3.52. The number of rotatable bonds is 12. The van der Waals surface area contributed by atoms with Crippen LogP contribution in [0.3, 0.4) is 0 Å². The molecular formula is C32H38ClN3O4S. The fourth-order valence-electron chi connectivity index (χ4n) is 5.35. The topological polar surface area (TPSA) is 86.8 Å². The first-order valence-corrected chi connectivity index (χ1v) is 16.0. The van der Waals surface area contributed by atoms with Crippen LogP contribution in [0.2, 0.25) is 5.02 Å². The van der Waals surface area contributed by atoms with E-state index in [4.69, 9.17) is 11.6 Å². The lowest BCUT2D eigenvalue weighted by Crippen LogP contribution is -2.54. The highest BCUT2D eigenvalue weighted by molar-refractivity contribution is 7.92. The summed E-state index contributed by atoms with van der Waals surface area (Å²) in [4.78, 5) is 29.2. The summed E-state index contributed by atoms with van der Waals surface area (Å²) in [5, 5.41) is 3.55. The van der Waals surface area contributed by atoms with Gasteiger partial charge in [-0.2, -0.15) is 0 Å². The monoisotopic (exact) mass is 595 g/mol. The van der Waals surface area contributed by atoms with Crippen molar-refractivity contribution in [2.75, 3.05) is 17.4 Å². The van der Waals surface area contributed by atoms with Crippen molar-refractivity contribution >= 4 is 39.1 Å². The molecule has 1 fully saturated rings. The van der Waals surface area contributed by atoms with E-state index in [1.165, 1.54) is 24.3 Å². The van der Waals surface area contributed by atoms with Crippen LogP contribution < -0.4 is 9.62 Å². The fourth-order valence-corrected chi connectivity index (χ4v) is 6.96. The van der Waals surface area contributed by atoms with Crippen LogP contribution in [-0.2, 0) is 26.0 Å². The van der Waals surface area contributed by atoms with Gasteiger partial charge in [-0.05, 0) is 74.1 Å². The highest BCUT2D eigenvalue weighted by Crippen LogP contribution is 2.28. The predicted molar refractivity (Wildman–Crippen MR) is 163 cm³/mol. The lowest BCUT2D eigenvalue weighted by molar-refractivity contribution is -0.139. The molecular weight excluding hydrogens is 558 g/mol. The Morgan fingerprint density at radius 3 is 2.22 bits per heavy atom. The van der Waals surface area contributed by atoms with Crippen molar-refractivity contribution in [1.29, 1.82) is 0 Å². The van der Waals surface area contributed by atoms with Gasteiger partial charge in [-0.15, -0.1) is 0 Å². The van der Waals surface area contributed by atoms with E-state index < -0.39 is 28.5 Å². The van der Waals surface area contributed by atoms with Crippen molar-refractivity contribution < 1.29 is 18.0 Å². The van der Waals surface area contributed by atoms with E-state index in [9.17, 15) is 18.0 Å². The zero-order valence-corrected chi connectivity index (χ0v) is 25.2. The quantitative estimate of drug-likeness (QED) is 0.289. The molecule has 0 heterocycles. The molecule has 0 saturated heterocycles. The molecule has 0 radical (unpaired) electrons. The van der Waals surface area contributed by atoms with Crippen molar-refractivity contribution in [2.24, 2.45) is 0 Å². The number of carbonyl (C=O) groups excluding carboxylic acids is 2. The summed E-state index contributed by atoms with van der Waals surface area (Å²) in [6.07, 6.45) is 4.96. The van der Waals surface area contributed by atoms with E-state index >= 15 is 0 Å². The molecule has 1 N–H and O–H groups in total. The number of benzene rings is 3. The molecule has 0 spiro atoms. The molecule has 0 aliphatic heterocycles. The first-order valence-electron chi connectivity index (χ1n) is 14.2. The van der Waals surface area contributed by atoms with Gasteiger partial charge in [0.05, 0.1) is 10.6 Å². The van der Waals surface area contributed by atoms with Gasteiger partial charge in [0.25, 0.3) is 10.0 Å². The van der Waals surface area contributed by atoms with E-state index in [0.717, 1.165) is 35.6 Å². The second kappa shape index (κ2) is 14.0. The SMILES string of the molecule is CCC(C(=O)NC1CCCC1)N(CCc1ccccc1)C(=O)CN(c1ccccc1C)S(=O)(=O)c1ccc(Cl)cc1. The van der Waals surface area contributed by atoms with E-state index in [1.807, 2.05) is 43.3 Å². The molecule has 9 heteroatoms. The first kappa shape index (κ1) is 30.6. The number of para-hydroxylation sites is 1. The molecule has 0 bridgehead atoms. The predicted octanol–water partition coefficient (Wildman–Crippen LogP) is 5.75. The van der Waals surface area contributed by atoms with Gasteiger partial charge in [0.1, 0.15) is 12.6 Å². The van der Waals surface area contributed by atoms with Crippen LogP contribution in [0.25, 0.3) is 0 Å². The molecule has 7 nitrogen and oxygen atoms in total. The third kappa shape index (κ3) is 7.68. The average molecular weight is 596 g/mol. The molecule has 41 heavy (non-hydrogen) atoms. The number of sulfonamides is 1. The second-order valence-electron chi connectivity index (χ2n) is 10.5. The van der Waals surface area contributed by atoms with Crippen molar-refractivity contribution in [3.05, 3.63) is 95.0 Å². The van der Waals surface area contributed by atoms with Crippen molar-refractivity contribution in [1.82, 2.24) is 10.2 Å². The van der Waals surface area contributed by atoms with E-state index in [1.54, 1.807) is 30.0 Å².